The van der Waals surface area contributed by atoms with Gasteiger partial charge in [-0.15, -0.1) is 0 Å². The summed E-state index contributed by atoms with van der Waals surface area (Å²) in [6.45, 7) is 2.11. The molecule has 0 aromatic heterocycles. The van der Waals surface area contributed by atoms with Crippen LogP contribution in [0.5, 0.6) is 5.75 Å². The molecular formula is C23H23FN2O4S. The first kappa shape index (κ1) is 22.5. The maximum Gasteiger partial charge on any atom is 0.258 e. The molecule has 0 saturated carbocycles. The van der Waals surface area contributed by atoms with Crippen LogP contribution in [-0.4, -0.2) is 32.3 Å². The Balaban J connectivity index is 1.90. The molecule has 1 amide bonds. The highest BCUT2D eigenvalue weighted by Crippen LogP contribution is 2.25. The van der Waals surface area contributed by atoms with Crippen molar-refractivity contribution in [2.24, 2.45) is 0 Å². The highest BCUT2D eigenvalue weighted by atomic mass is 32.2. The average molecular weight is 443 g/mol. The number of hydrogen-bond donors (Lipinski definition) is 1. The Morgan fingerprint density at radius 3 is 2.39 bits per heavy atom. The van der Waals surface area contributed by atoms with E-state index in [0.717, 1.165) is 23.8 Å². The second-order valence-electron chi connectivity index (χ2n) is 6.71. The van der Waals surface area contributed by atoms with Crippen molar-refractivity contribution in [1.29, 1.82) is 0 Å². The summed E-state index contributed by atoms with van der Waals surface area (Å²) in [5.41, 5.74) is 0.800. The topological polar surface area (TPSA) is 75.7 Å². The van der Waals surface area contributed by atoms with Gasteiger partial charge >= 0.3 is 0 Å². The lowest BCUT2D eigenvalue weighted by atomic mass is 10.2. The fourth-order valence-electron chi connectivity index (χ4n) is 3.08. The molecule has 8 heteroatoms. The van der Waals surface area contributed by atoms with Gasteiger partial charge in [-0.1, -0.05) is 49.4 Å². The molecule has 0 saturated heterocycles. The minimum Gasteiger partial charge on any atom is -0.495 e. The van der Waals surface area contributed by atoms with Gasteiger partial charge < -0.3 is 10.1 Å². The molecule has 0 atom stereocenters. The summed E-state index contributed by atoms with van der Waals surface area (Å²) in [4.78, 5) is 12.5. The first-order chi connectivity index (χ1) is 14.9. The fourth-order valence-corrected chi connectivity index (χ4v) is 4.54. The van der Waals surface area contributed by atoms with Gasteiger partial charge in [0.25, 0.3) is 5.91 Å². The van der Waals surface area contributed by atoms with Gasteiger partial charge in [0.2, 0.25) is 10.0 Å². The molecule has 0 bridgehead atoms. The average Bonchev–Trinajstić information content (AvgIpc) is 2.78. The van der Waals surface area contributed by atoms with Crippen molar-refractivity contribution >= 4 is 21.6 Å². The number of sulfonamides is 1. The number of benzene rings is 3. The Labute approximate surface area is 181 Å². The molecule has 1 N–H and O–H groups in total. The summed E-state index contributed by atoms with van der Waals surface area (Å²) in [5, 5.41) is 2.57. The molecule has 0 aliphatic heterocycles. The molecular weight excluding hydrogens is 419 g/mol. The monoisotopic (exact) mass is 442 g/mol. The molecule has 3 rings (SSSR count). The van der Waals surface area contributed by atoms with Gasteiger partial charge in [0.15, 0.2) is 0 Å². The second-order valence-corrected chi connectivity index (χ2v) is 8.65. The zero-order chi connectivity index (χ0) is 22.4. The van der Waals surface area contributed by atoms with Crippen LogP contribution in [0.15, 0.2) is 77.7 Å². The summed E-state index contributed by atoms with van der Waals surface area (Å²) in [7, 11) is -2.50. The van der Waals surface area contributed by atoms with Gasteiger partial charge in [0.05, 0.1) is 23.3 Å². The van der Waals surface area contributed by atoms with Crippen LogP contribution in [0.2, 0.25) is 0 Å². The van der Waals surface area contributed by atoms with Crippen LogP contribution >= 0.6 is 0 Å². The number of carbonyl (C=O) groups is 1. The Kier molecular flexibility index (Phi) is 7.04. The number of ether oxygens (including phenoxy) is 1. The summed E-state index contributed by atoms with van der Waals surface area (Å²) in [6.07, 6.45) is 0. The van der Waals surface area contributed by atoms with E-state index in [-0.39, 0.29) is 23.5 Å². The van der Waals surface area contributed by atoms with Crippen LogP contribution in [0.25, 0.3) is 0 Å². The second kappa shape index (κ2) is 9.72. The molecule has 31 heavy (non-hydrogen) atoms. The molecule has 0 aliphatic rings. The number of methoxy groups -OCH3 is 1. The minimum atomic E-state index is -3.95. The van der Waals surface area contributed by atoms with Crippen molar-refractivity contribution in [2.45, 2.75) is 18.4 Å². The van der Waals surface area contributed by atoms with Crippen LogP contribution in [0.3, 0.4) is 0 Å². The number of amides is 1. The van der Waals surface area contributed by atoms with Crippen molar-refractivity contribution in [3.05, 3.63) is 89.7 Å². The van der Waals surface area contributed by atoms with Gasteiger partial charge in [-0.3, -0.25) is 4.79 Å². The third-order valence-corrected chi connectivity index (χ3v) is 6.65. The molecule has 0 heterocycles. The van der Waals surface area contributed by atoms with E-state index in [4.69, 9.17) is 4.74 Å². The summed E-state index contributed by atoms with van der Waals surface area (Å²) in [5.74, 6) is -1.19. The van der Waals surface area contributed by atoms with E-state index in [1.807, 2.05) is 30.3 Å². The summed E-state index contributed by atoms with van der Waals surface area (Å²) >= 11 is 0. The molecule has 3 aromatic rings. The molecule has 3 aromatic carbocycles. The number of carbonyl (C=O) groups excluding carboxylic acids is 1. The van der Waals surface area contributed by atoms with Gasteiger partial charge in [0.1, 0.15) is 11.6 Å². The Hall–Kier alpha value is -3.23. The maximum atomic E-state index is 14.4. The molecule has 0 unspecified atom stereocenters. The van der Waals surface area contributed by atoms with Crippen molar-refractivity contribution < 1.29 is 22.3 Å². The first-order valence-electron chi connectivity index (χ1n) is 9.64. The highest BCUT2D eigenvalue weighted by molar-refractivity contribution is 7.89. The number of nitrogens with zero attached hydrogens (tertiary/aromatic N) is 1. The largest absolute Gasteiger partial charge is 0.495 e. The minimum absolute atomic E-state index is 0.156. The van der Waals surface area contributed by atoms with Crippen LogP contribution in [0, 0.1) is 5.82 Å². The van der Waals surface area contributed by atoms with Gasteiger partial charge in [-0.2, -0.15) is 4.31 Å². The zero-order valence-electron chi connectivity index (χ0n) is 17.2. The van der Waals surface area contributed by atoms with Crippen LogP contribution in [0.1, 0.15) is 22.8 Å². The van der Waals surface area contributed by atoms with Crippen molar-refractivity contribution in [1.82, 2.24) is 4.31 Å². The van der Waals surface area contributed by atoms with E-state index in [9.17, 15) is 17.6 Å². The zero-order valence-corrected chi connectivity index (χ0v) is 18.0. The third-order valence-electron chi connectivity index (χ3n) is 4.73. The van der Waals surface area contributed by atoms with E-state index in [1.165, 1.54) is 11.4 Å². The fraction of sp³-hybridized carbons (Fsp3) is 0.174. The SMILES string of the molecule is CCN(Cc1ccccc1)S(=O)(=O)c1ccc(F)c(C(=O)Nc2ccccc2OC)c1. The normalized spacial score (nSPS) is 11.4. The summed E-state index contributed by atoms with van der Waals surface area (Å²) in [6, 6.07) is 19.0. The molecule has 0 radical (unpaired) electrons. The van der Waals surface area contributed by atoms with Crippen molar-refractivity contribution in [3.8, 4) is 5.75 Å². The number of para-hydroxylation sites is 2. The van der Waals surface area contributed by atoms with Crippen LogP contribution < -0.4 is 10.1 Å². The van der Waals surface area contributed by atoms with E-state index in [0.29, 0.717) is 11.4 Å². The number of rotatable bonds is 8. The lowest BCUT2D eigenvalue weighted by Gasteiger charge is -2.21. The van der Waals surface area contributed by atoms with Crippen LogP contribution in [-0.2, 0) is 16.6 Å². The molecule has 0 spiro atoms. The predicted molar refractivity (Wildman–Crippen MR) is 117 cm³/mol. The Morgan fingerprint density at radius 1 is 1.03 bits per heavy atom. The molecule has 0 aliphatic carbocycles. The number of nitrogens with one attached hydrogen (secondary N) is 1. The lowest BCUT2D eigenvalue weighted by Crippen LogP contribution is -2.30. The van der Waals surface area contributed by atoms with E-state index < -0.39 is 21.7 Å². The third kappa shape index (κ3) is 5.10. The Morgan fingerprint density at radius 2 is 1.71 bits per heavy atom. The highest BCUT2D eigenvalue weighted by Gasteiger charge is 2.26. The van der Waals surface area contributed by atoms with E-state index in [2.05, 4.69) is 5.32 Å². The summed E-state index contributed by atoms with van der Waals surface area (Å²) < 4.78 is 47.2. The van der Waals surface area contributed by atoms with Crippen molar-refractivity contribution in [2.75, 3.05) is 19.0 Å². The van der Waals surface area contributed by atoms with E-state index >= 15 is 0 Å². The van der Waals surface area contributed by atoms with Crippen LogP contribution in [0.4, 0.5) is 10.1 Å². The predicted octanol–water partition coefficient (Wildman–Crippen LogP) is 4.30. The van der Waals surface area contributed by atoms with Gasteiger partial charge in [0, 0.05) is 13.1 Å². The quantitative estimate of drug-likeness (QED) is 0.565. The van der Waals surface area contributed by atoms with Crippen molar-refractivity contribution in [3.63, 3.8) is 0 Å². The molecule has 162 valence electrons. The number of anilines is 1. The van der Waals surface area contributed by atoms with Gasteiger partial charge in [-0.25, -0.2) is 12.8 Å². The standard InChI is InChI=1S/C23H23FN2O4S/c1-3-26(16-17-9-5-4-6-10-17)31(28,29)18-13-14-20(24)19(15-18)23(27)25-21-11-7-8-12-22(21)30-2/h4-15H,3,16H2,1-2H3,(H,25,27). The number of halogens is 1. The lowest BCUT2D eigenvalue weighted by molar-refractivity contribution is 0.102. The Bertz CT molecular complexity index is 1170. The first-order valence-corrected chi connectivity index (χ1v) is 11.1. The molecule has 6 nitrogen and oxygen atoms in total. The van der Waals surface area contributed by atoms with E-state index in [1.54, 1.807) is 31.2 Å². The van der Waals surface area contributed by atoms with Gasteiger partial charge in [-0.05, 0) is 35.9 Å². The molecule has 0 fully saturated rings. The smallest absolute Gasteiger partial charge is 0.258 e. The number of hydrogen-bond acceptors (Lipinski definition) is 4. The maximum absolute atomic E-state index is 14.4.